The van der Waals surface area contributed by atoms with E-state index in [0.717, 1.165) is 0 Å². The molecule has 26 heavy (non-hydrogen) atoms. The van der Waals surface area contributed by atoms with Gasteiger partial charge in [0.25, 0.3) is 0 Å². The number of nitrogens with zero attached hydrogens (tertiary/aromatic N) is 3. The maximum atomic E-state index is 2.90. The van der Waals surface area contributed by atoms with Crippen molar-refractivity contribution in [1.82, 2.24) is 13.7 Å². The maximum Gasteiger partial charge on any atom is 0.360 e. The van der Waals surface area contributed by atoms with Gasteiger partial charge in [0.05, 0.1) is 0 Å². The average molecular weight is 498 g/mol. The predicted molar refractivity (Wildman–Crippen MR) is 130 cm³/mol. The number of rotatable bonds is 6. The van der Waals surface area contributed by atoms with Gasteiger partial charge in [0.15, 0.2) is 0 Å². The first-order chi connectivity index (χ1) is 11.2. The van der Waals surface area contributed by atoms with Crippen molar-refractivity contribution in [3.8, 4) is 0 Å². The molecule has 0 heterocycles. The third-order valence-corrected chi connectivity index (χ3v) is 14.7. The lowest BCUT2D eigenvalue weighted by atomic mass is 10.1. The van der Waals surface area contributed by atoms with E-state index in [1.54, 1.807) is 0 Å². The summed E-state index contributed by atoms with van der Waals surface area (Å²) in [5.74, 6) is 0. The standard InChI is InChI=1S/C21H48IN3Si/c1-16(2)23(19(7,8)9)26(22,24(17(3)4)20(10,11)12)25(18(5)6)21(13,14)15/h16-18H,1-15H3. The Morgan fingerprint density at radius 1 is 0.500 bits per heavy atom. The van der Waals surface area contributed by atoms with Crippen molar-refractivity contribution in [1.29, 1.82) is 0 Å². The second-order valence-electron chi connectivity index (χ2n) is 11.5. The molecule has 0 saturated heterocycles. The van der Waals surface area contributed by atoms with Gasteiger partial charge in [-0.05, 0) is 62.3 Å². The van der Waals surface area contributed by atoms with Gasteiger partial charge in [-0.15, -0.1) is 0 Å². The molecule has 5 heteroatoms. The second kappa shape index (κ2) is 8.68. The average Bonchev–Trinajstić information content (AvgIpc) is 2.17. The minimum atomic E-state index is -2.26. The van der Waals surface area contributed by atoms with E-state index in [9.17, 15) is 0 Å². The minimum absolute atomic E-state index is 0.0956. The highest BCUT2D eigenvalue weighted by Crippen LogP contribution is 2.43. The summed E-state index contributed by atoms with van der Waals surface area (Å²) in [6.45, 7) is 35.7. The van der Waals surface area contributed by atoms with Crippen molar-refractivity contribution in [2.75, 3.05) is 0 Å². The van der Waals surface area contributed by atoms with E-state index < -0.39 is 6.06 Å². The molecule has 0 aliphatic heterocycles. The fraction of sp³-hybridized carbons (Fsp3) is 1.00. The summed E-state index contributed by atoms with van der Waals surface area (Å²) in [5.41, 5.74) is 0.287. The van der Waals surface area contributed by atoms with Crippen molar-refractivity contribution in [3.05, 3.63) is 0 Å². The summed E-state index contributed by atoms with van der Waals surface area (Å²) in [5, 5.41) is 0. The Kier molecular flexibility index (Phi) is 8.96. The number of hydrogen-bond acceptors (Lipinski definition) is 3. The Balaban J connectivity index is 7.07. The molecule has 0 unspecified atom stereocenters. The molecule has 0 fully saturated rings. The third kappa shape index (κ3) is 5.91. The first kappa shape index (κ1) is 26.8. The van der Waals surface area contributed by atoms with Gasteiger partial charge in [-0.3, -0.25) is 13.7 Å². The minimum Gasteiger partial charge on any atom is -0.284 e. The van der Waals surface area contributed by atoms with Crippen molar-refractivity contribution in [2.45, 2.75) is 139 Å². The number of hydrogen-bond donors (Lipinski definition) is 0. The Hall–Kier alpha value is 0.827. The van der Waals surface area contributed by atoms with Gasteiger partial charge in [0.2, 0.25) is 0 Å². The van der Waals surface area contributed by atoms with Crippen molar-refractivity contribution in [3.63, 3.8) is 0 Å². The van der Waals surface area contributed by atoms with E-state index in [4.69, 9.17) is 0 Å². The zero-order chi connectivity index (χ0) is 21.5. The van der Waals surface area contributed by atoms with Crippen LogP contribution < -0.4 is 0 Å². The maximum absolute atomic E-state index is 2.90. The lowest BCUT2D eigenvalue weighted by Gasteiger charge is -2.64. The molecule has 0 atom stereocenters. The van der Waals surface area contributed by atoms with Crippen LogP contribution >= 0.6 is 21.8 Å². The largest absolute Gasteiger partial charge is 0.360 e. The van der Waals surface area contributed by atoms with Gasteiger partial charge in [-0.1, -0.05) is 63.3 Å². The van der Waals surface area contributed by atoms with Crippen LogP contribution in [0.3, 0.4) is 0 Å². The smallest absolute Gasteiger partial charge is 0.284 e. The molecule has 0 aromatic heterocycles. The molecule has 0 amide bonds. The summed E-state index contributed by atoms with van der Waals surface area (Å²) < 4.78 is 8.53. The van der Waals surface area contributed by atoms with Gasteiger partial charge < -0.3 is 0 Å². The van der Waals surface area contributed by atoms with Crippen LogP contribution in [0.25, 0.3) is 0 Å². The Morgan fingerprint density at radius 2 is 0.654 bits per heavy atom. The van der Waals surface area contributed by atoms with Gasteiger partial charge in [0.1, 0.15) is 0 Å². The zero-order valence-corrected chi connectivity index (χ0v) is 23.6. The Labute approximate surface area is 179 Å². The Morgan fingerprint density at radius 3 is 0.731 bits per heavy atom. The van der Waals surface area contributed by atoms with Crippen molar-refractivity contribution in [2.24, 2.45) is 0 Å². The molecule has 3 nitrogen and oxygen atoms in total. The summed E-state index contributed by atoms with van der Waals surface area (Å²) in [6, 6.07) is -0.831. The monoisotopic (exact) mass is 497 g/mol. The first-order valence-electron chi connectivity index (χ1n) is 10.3. The summed E-state index contributed by atoms with van der Waals surface area (Å²) >= 11 is 2.90. The molecule has 0 aromatic rings. The van der Waals surface area contributed by atoms with Crippen LogP contribution in [0.2, 0.25) is 0 Å². The normalized spacial score (nSPS) is 15.5. The highest BCUT2D eigenvalue weighted by Gasteiger charge is 2.60. The van der Waals surface area contributed by atoms with Gasteiger partial charge >= 0.3 is 6.06 Å². The van der Waals surface area contributed by atoms with E-state index in [1.165, 1.54) is 0 Å². The molecule has 0 aliphatic rings. The molecule has 0 aliphatic carbocycles. The lowest BCUT2D eigenvalue weighted by Crippen LogP contribution is -2.83. The zero-order valence-electron chi connectivity index (χ0n) is 20.5. The van der Waals surface area contributed by atoms with Gasteiger partial charge in [0, 0.05) is 34.7 Å². The fourth-order valence-corrected chi connectivity index (χ4v) is 21.7. The molecule has 0 rings (SSSR count). The molecular formula is C21H48IN3Si. The van der Waals surface area contributed by atoms with E-state index in [2.05, 4.69) is 139 Å². The van der Waals surface area contributed by atoms with Crippen LogP contribution in [0.15, 0.2) is 0 Å². The molecular weight excluding hydrogens is 449 g/mol. The predicted octanol–water partition coefficient (Wildman–Crippen LogP) is 6.38. The molecule has 0 spiro atoms. The van der Waals surface area contributed by atoms with Crippen LogP contribution in [0.5, 0.6) is 0 Å². The van der Waals surface area contributed by atoms with Crippen molar-refractivity contribution < 1.29 is 0 Å². The summed E-state index contributed by atoms with van der Waals surface area (Å²) in [4.78, 5) is 0. The van der Waals surface area contributed by atoms with E-state index in [1.807, 2.05) is 0 Å². The summed E-state index contributed by atoms with van der Waals surface area (Å²) in [6.07, 6.45) is 0. The van der Waals surface area contributed by atoms with Crippen LogP contribution in [-0.4, -0.2) is 54.5 Å². The molecule has 0 N–H and O–H groups in total. The van der Waals surface area contributed by atoms with Gasteiger partial charge in [-0.25, -0.2) is 0 Å². The fourth-order valence-electron chi connectivity index (χ4n) is 4.94. The van der Waals surface area contributed by atoms with Crippen LogP contribution in [0.1, 0.15) is 104 Å². The third-order valence-electron chi connectivity index (χ3n) is 4.64. The molecule has 0 radical (unpaired) electrons. The van der Waals surface area contributed by atoms with Crippen LogP contribution in [-0.2, 0) is 0 Å². The first-order valence-corrected chi connectivity index (χ1v) is 15.2. The number of halogens is 1. The molecule has 158 valence electrons. The highest BCUT2D eigenvalue weighted by molar-refractivity contribution is 14.1. The van der Waals surface area contributed by atoms with Crippen molar-refractivity contribution >= 4 is 27.9 Å². The van der Waals surface area contributed by atoms with Crippen LogP contribution in [0.4, 0.5) is 0 Å². The molecule has 0 saturated carbocycles. The van der Waals surface area contributed by atoms with Crippen LogP contribution in [0, 0.1) is 0 Å². The topological polar surface area (TPSA) is 9.72 Å². The lowest BCUT2D eigenvalue weighted by molar-refractivity contribution is 0.0681. The second-order valence-corrected chi connectivity index (χ2v) is 18.4. The van der Waals surface area contributed by atoms with Gasteiger partial charge in [-0.2, -0.15) is 0 Å². The molecule has 0 aromatic carbocycles. The quantitative estimate of drug-likeness (QED) is 0.239. The van der Waals surface area contributed by atoms with E-state index in [0.29, 0.717) is 18.1 Å². The summed E-state index contributed by atoms with van der Waals surface area (Å²) in [7, 11) is 0. The van der Waals surface area contributed by atoms with E-state index >= 15 is 0 Å². The molecule has 0 bridgehead atoms. The van der Waals surface area contributed by atoms with E-state index in [-0.39, 0.29) is 16.6 Å². The SMILES string of the molecule is CC(C)N(C(C)(C)C)[Si](I)(N(C(C)C)C(C)(C)C)N(C(C)C)C(C)(C)C. The highest BCUT2D eigenvalue weighted by atomic mass is 127. The Bertz CT molecular complexity index is 377.